The van der Waals surface area contributed by atoms with E-state index in [1.165, 1.54) is 19.8 Å². The number of allylic oxidation sites excluding steroid dienone is 1. The molecule has 3 rings (SSSR count). The largest absolute Gasteiger partial charge is 0.493 e. The zero-order chi connectivity index (χ0) is 22.1. The SMILES string of the molecule is CC(=O)NC(C)CCC(=N)/C=C\Nc1ccc(Oc2cccc(OCC3CC3)c2)cc1. The van der Waals surface area contributed by atoms with Crippen molar-refractivity contribution in [2.45, 2.75) is 45.6 Å². The molecule has 0 heterocycles. The molecule has 2 aromatic carbocycles. The molecule has 31 heavy (non-hydrogen) atoms. The van der Waals surface area contributed by atoms with Gasteiger partial charge < -0.3 is 25.5 Å². The van der Waals surface area contributed by atoms with Crippen LogP contribution in [-0.4, -0.2) is 24.3 Å². The van der Waals surface area contributed by atoms with Gasteiger partial charge in [0.15, 0.2) is 0 Å². The summed E-state index contributed by atoms with van der Waals surface area (Å²) in [5, 5.41) is 14.0. The Labute approximate surface area is 184 Å². The molecule has 0 aromatic heterocycles. The van der Waals surface area contributed by atoms with Crippen molar-refractivity contribution in [1.29, 1.82) is 5.41 Å². The van der Waals surface area contributed by atoms with E-state index in [1.807, 2.05) is 55.5 Å². The Morgan fingerprint density at radius 2 is 1.90 bits per heavy atom. The monoisotopic (exact) mass is 421 g/mol. The highest BCUT2D eigenvalue weighted by Crippen LogP contribution is 2.31. The minimum atomic E-state index is -0.0433. The summed E-state index contributed by atoms with van der Waals surface area (Å²) in [6.45, 7) is 4.23. The van der Waals surface area contributed by atoms with Gasteiger partial charge in [0.05, 0.1) is 6.61 Å². The van der Waals surface area contributed by atoms with Crippen LogP contribution in [0.3, 0.4) is 0 Å². The van der Waals surface area contributed by atoms with Gasteiger partial charge >= 0.3 is 0 Å². The third kappa shape index (κ3) is 8.54. The average molecular weight is 422 g/mol. The molecule has 6 heteroatoms. The van der Waals surface area contributed by atoms with Gasteiger partial charge in [0, 0.05) is 36.6 Å². The molecule has 3 N–H and O–H groups in total. The summed E-state index contributed by atoms with van der Waals surface area (Å²) in [5.41, 5.74) is 1.41. The Bertz CT molecular complexity index is 904. The minimum absolute atomic E-state index is 0.0433. The normalized spacial score (nSPS) is 14.1. The van der Waals surface area contributed by atoms with Crippen molar-refractivity contribution in [3.63, 3.8) is 0 Å². The van der Waals surface area contributed by atoms with E-state index in [1.54, 1.807) is 12.3 Å². The fourth-order valence-corrected chi connectivity index (χ4v) is 2.99. The Morgan fingerprint density at radius 3 is 2.61 bits per heavy atom. The van der Waals surface area contributed by atoms with Crippen LogP contribution in [0.1, 0.15) is 39.5 Å². The molecule has 1 fully saturated rings. The number of benzene rings is 2. The second-order valence-corrected chi connectivity index (χ2v) is 8.00. The number of rotatable bonds is 12. The van der Waals surface area contributed by atoms with Crippen LogP contribution in [0, 0.1) is 11.3 Å². The van der Waals surface area contributed by atoms with E-state index in [0.717, 1.165) is 41.9 Å². The molecule has 0 saturated heterocycles. The van der Waals surface area contributed by atoms with E-state index in [9.17, 15) is 4.79 Å². The fraction of sp³-hybridized carbons (Fsp3) is 0.360. The van der Waals surface area contributed by atoms with E-state index in [4.69, 9.17) is 14.9 Å². The lowest BCUT2D eigenvalue weighted by Gasteiger charge is -2.11. The van der Waals surface area contributed by atoms with Crippen LogP contribution >= 0.6 is 0 Å². The van der Waals surface area contributed by atoms with Crippen LogP contribution < -0.4 is 20.1 Å². The molecule has 1 saturated carbocycles. The number of ether oxygens (including phenoxy) is 2. The molecule has 1 amide bonds. The van der Waals surface area contributed by atoms with Crippen LogP contribution in [0.15, 0.2) is 60.8 Å². The van der Waals surface area contributed by atoms with Gasteiger partial charge in [-0.25, -0.2) is 0 Å². The molecule has 0 spiro atoms. The van der Waals surface area contributed by atoms with Crippen molar-refractivity contribution in [2.24, 2.45) is 5.92 Å². The van der Waals surface area contributed by atoms with Gasteiger partial charge in [0.2, 0.25) is 5.91 Å². The molecule has 164 valence electrons. The smallest absolute Gasteiger partial charge is 0.217 e. The van der Waals surface area contributed by atoms with E-state index in [2.05, 4.69) is 10.6 Å². The first kappa shape index (κ1) is 22.4. The summed E-state index contributed by atoms with van der Waals surface area (Å²) >= 11 is 0. The number of amides is 1. The maximum atomic E-state index is 11.0. The molecule has 1 atom stereocenters. The van der Waals surface area contributed by atoms with Gasteiger partial charge in [0.25, 0.3) is 0 Å². The third-order valence-electron chi connectivity index (χ3n) is 4.91. The lowest BCUT2D eigenvalue weighted by Crippen LogP contribution is -2.30. The zero-order valence-corrected chi connectivity index (χ0v) is 18.2. The number of hydrogen-bond acceptors (Lipinski definition) is 5. The topological polar surface area (TPSA) is 83.4 Å². The lowest BCUT2D eigenvalue weighted by atomic mass is 10.1. The second-order valence-electron chi connectivity index (χ2n) is 8.00. The van der Waals surface area contributed by atoms with Gasteiger partial charge in [-0.05, 0) is 81.0 Å². The molecule has 0 aliphatic heterocycles. The van der Waals surface area contributed by atoms with Crippen LogP contribution in [-0.2, 0) is 4.79 Å². The minimum Gasteiger partial charge on any atom is -0.493 e. The molecule has 0 bridgehead atoms. The predicted molar refractivity (Wildman–Crippen MR) is 124 cm³/mol. The van der Waals surface area contributed by atoms with E-state index >= 15 is 0 Å². The molecular formula is C25H31N3O3. The Hall–Kier alpha value is -3.28. The molecule has 0 radical (unpaired) electrons. The van der Waals surface area contributed by atoms with Crippen molar-refractivity contribution in [3.8, 4) is 17.2 Å². The lowest BCUT2D eigenvalue weighted by molar-refractivity contribution is -0.119. The zero-order valence-electron chi connectivity index (χ0n) is 18.2. The van der Waals surface area contributed by atoms with Crippen LogP contribution in [0.25, 0.3) is 0 Å². The van der Waals surface area contributed by atoms with Gasteiger partial charge in [-0.3, -0.25) is 4.79 Å². The van der Waals surface area contributed by atoms with Gasteiger partial charge in [0.1, 0.15) is 17.2 Å². The van der Waals surface area contributed by atoms with Crippen LogP contribution in [0.4, 0.5) is 5.69 Å². The Kier molecular flexibility index (Phi) is 8.10. The molecule has 1 aliphatic rings. The molecule has 2 aromatic rings. The van der Waals surface area contributed by atoms with Crippen molar-refractivity contribution < 1.29 is 14.3 Å². The van der Waals surface area contributed by atoms with Crippen molar-refractivity contribution >= 4 is 17.3 Å². The molecular weight excluding hydrogens is 390 g/mol. The van der Waals surface area contributed by atoms with Crippen molar-refractivity contribution in [2.75, 3.05) is 11.9 Å². The number of hydrogen-bond donors (Lipinski definition) is 3. The van der Waals surface area contributed by atoms with E-state index < -0.39 is 0 Å². The van der Waals surface area contributed by atoms with Gasteiger partial charge in [-0.15, -0.1) is 0 Å². The summed E-state index contributed by atoms with van der Waals surface area (Å²) in [6.07, 6.45) is 7.37. The van der Waals surface area contributed by atoms with Gasteiger partial charge in [-0.2, -0.15) is 0 Å². The summed E-state index contributed by atoms with van der Waals surface area (Å²) in [5.74, 6) is 3.00. The summed E-state index contributed by atoms with van der Waals surface area (Å²) in [7, 11) is 0. The first-order valence-electron chi connectivity index (χ1n) is 10.8. The van der Waals surface area contributed by atoms with Crippen LogP contribution in [0.2, 0.25) is 0 Å². The molecule has 6 nitrogen and oxygen atoms in total. The standard InChI is InChI=1S/C25H31N3O3/c1-18(28-19(2)29)6-9-21(26)14-15-27-22-10-12-23(13-11-22)31-25-5-3-4-24(16-25)30-17-20-7-8-20/h3-5,10-16,18,20,26-27H,6-9,17H2,1-2H3,(H,28,29)/b15-14-,26-21?. The predicted octanol–water partition coefficient (Wildman–Crippen LogP) is 5.52. The quantitative estimate of drug-likeness (QED) is 0.394. The molecule has 1 aliphatic carbocycles. The average Bonchev–Trinajstić information content (AvgIpc) is 3.56. The highest BCUT2D eigenvalue weighted by atomic mass is 16.5. The number of anilines is 1. The number of nitrogens with one attached hydrogen (secondary N) is 3. The first-order valence-corrected chi connectivity index (χ1v) is 10.8. The summed E-state index contributed by atoms with van der Waals surface area (Å²) in [4.78, 5) is 11.0. The summed E-state index contributed by atoms with van der Waals surface area (Å²) < 4.78 is 11.7. The maximum absolute atomic E-state index is 11.0. The third-order valence-corrected chi connectivity index (χ3v) is 4.91. The number of carbonyl (C=O) groups is 1. The second kappa shape index (κ2) is 11.2. The first-order chi connectivity index (χ1) is 15.0. The molecule has 1 unspecified atom stereocenters. The number of carbonyl (C=O) groups excluding carboxylic acids is 1. The van der Waals surface area contributed by atoms with Crippen molar-refractivity contribution in [3.05, 3.63) is 60.8 Å². The summed E-state index contributed by atoms with van der Waals surface area (Å²) in [6, 6.07) is 15.4. The Morgan fingerprint density at radius 1 is 1.16 bits per heavy atom. The van der Waals surface area contributed by atoms with Crippen molar-refractivity contribution in [1.82, 2.24) is 5.32 Å². The van der Waals surface area contributed by atoms with Gasteiger partial charge in [-0.1, -0.05) is 6.07 Å². The van der Waals surface area contributed by atoms with Crippen LogP contribution in [0.5, 0.6) is 17.2 Å². The highest BCUT2D eigenvalue weighted by molar-refractivity contribution is 5.92. The Balaban J connectivity index is 1.42. The van der Waals surface area contributed by atoms with E-state index in [0.29, 0.717) is 12.1 Å². The fourth-order valence-electron chi connectivity index (χ4n) is 2.99. The maximum Gasteiger partial charge on any atom is 0.217 e. The highest BCUT2D eigenvalue weighted by Gasteiger charge is 2.21. The van der Waals surface area contributed by atoms with E-state index in [-0.39, 0.29) is 11.9 Å².